The summed E-state index contributed by atoms with van der Waals surface area (Å²) in [6.45, 7) is 2.00. The van der Waals surface area contributed by atoms with Crippen molar-refractivity contribution in [1.82, 2.24) is 5.32 Å². The molecular formula is C15H20ClNO. The lowest BCUT2D eigenvalue weighted by Crippen LogP contribution is -2.37. The van der Waals surface area contributed by atoms with E-state index in [2.05, 4.69) is 5.32 Å². The Morgan fingerprint density at radius 3 is 2.67 bits per heavy atom. The van der Waals surface area contributed by atoms with Gasteiger partial charge in [-0.1, -0.05) is 17.7 Å². The predicted octanol–water partition coefficient (Wildman–Crippen LogP) is 3.52. The second-order valence-corrected chi connectivity index (χ2v) is 5.52. The topological polar surface area (TPSA) is 29.1 Å². The standard InChI is InChI=1S/C15H20ClNO/c1-11-3-2-4-13(9-11)15(18)17-14-7-5-12(10-16)6-8-14/h2-4,9,12,14H,5-8,10H2,1H3,(H,17,18). The van der Waals surface area contributed by atoms with Crippen LogP contribution in [0.15, 0.2) is 24.3 Å². The van der Waals surface area contributed by atoms with Crippen molar-refractivity contribution < 1.29 is 4.79 Å². The number of amides is 1. The first kappa shape index (κ1) is 13.4. The summed E-state index contributed by atoms with van der Waals surface area (Å²) in [4.78, 5) is 12.1. The number of halogens is 1. The Balaban J connectivity index is 1.89. The third-order valence-corrected chi connectivity index (χ3v) is 4.12. The molecule has 1 amide bonds. The zero-order chi connectivity index (χ0) is 13.0. The van der Waals surface area contributed by atoms with E-state index < -0.39 is 0 Å². The van der Waals surface area contributed by atoms with Crippen LogP contribution in [0.5, 0.6) is 0 Å². The van der Waals surface area contributed by atoms with Crippen LogP contribution in [0.2, 0.25) is 0 Å². The van der Waals surface area contributed by atoms with Gasteiger partial charge in [0.05, 0.1) is 0 Å². The van der Waals surface area contributed by atoms with Crippen molar-refractivity contribution in [2.45, 2.75) is 38.6 Å². The molecule has 0 aliphatic heterocycles. The quantitative estimate of drug-likeness (QED) is 0.833. The molecule has 1 saturated carbocycles. The van der Waals surface area contributed by atoms with Crippen LogP contribution < -0.4 is 5.32 Å². The number of aryl methyl sites for hydroxylation is 1. The molecule has 98 valence electrons. The minimum atomic E-state index is 0.0491. The number of hydrogen-bond acceptors (Lipinski definition) is 1. The average Bonchev–Trinajstić information content (AvgIpc) is 2.39. The highest BCUT2D eigenvalue weighted by molar-refractivity contribution is 6.18. The molecule has 0 saturated heterocycles. The van der Waals surface area contributed by atoms with Crippen molar-refractivity contribution in [3.8, 4) is 0 Å². The molecule has 1 fully saturated rings. The summed E-state index contributed by atoms with van der Waals surface area (Å²) >= 11 is 5.86. The number of nitrogens with one attached hydrogen (secondary N) is 1. The van der Waals surface area contributed by atoms with E-state index in [1.807, 2.05) is 31.2 Å². The molecule has 1 N–H and O–H groups in total. The second-order valence-electron chi connectivity index (χ2n) is 5.21. The van der Waals surface area contributed by atoms with Gasteiger partial charge in [-0.25, -0.2) is 0 Å². The fourth-order valence-corrected chi connectivity index (χ4v) is 2.82. The van der Waals surface area contributed by atoms with Crippen LogP contribution in [0.4, 0.5) is 0 Å². The van der Waals surface area contributed by atoms with Gasteiger partial charge in [0.25, 0.3) is 5.91 Å². The number of alkyl halides is 1. The molecule has 3 heteroatoms. The summed E-state index contributed by atoms with van der Waals surface area (Å²) in [6.07, 6.45) is 4.36. The van der Waals surface area contributed by atoms with E-state index in [0.29, 0.717) is 12.0 Å². The van der Waals surface area contributed by atoms with Crippen molar-refractivity contribution in [1.29, 1.82) is 0 Å². The van der Waals surface area contributed by atoms with E-state index in [4.69, 9.17) is 11.6 Å². The molecule has 0 aromatic heterocycles. The van der Waals surface area contributed by atoms with Gasteiger partial charge in [0.1, 0.15) is 0 Å². The minimum absolute atomic E-state index is 0.0491. The Morgan fingerprint density at radius 2 is 2.06 bits per heavy atom. The van der Waals surface area contributed by atoms with Crippen LogP contribution in [-0.4, -0.2) is 17.8 Å². The van der Waals surface area contributed by atoms with Gasteiger partial charge in [-0.3, -0.25) is 4.79 Å². The van der Waals surface area contributed by atoms with E-state index in [9.17, 15) is 4.79 Å². The monoisotopic (exact) mass is 265 g/mol. The second kappa shape index (κ2) is 6.24. The molecule has 1 aromatic carbocycles. The fourth-order valence-electron chi connectivity index (χ4n) is 2.52. The average molecular weight is 266 g/mol. The smallest absolute Gasteiger partial charge is 0.251 e. The molecule has 0 bridgehead atoms. The molecular weight excluding hydrogens is 246 g/mol. The fraction of sp³-hybridized carbons (Fsp3) is 0.533. The molecule has 0 heterocycles. The van der Waals surface area contributed by atoms with Crippen molar-refractivity contribution in [2.75, 3.05) is 5.88 Å². The van der Waals surface area contributed by atoms with Gasteiger partial charge in [-0.2, -0.15) is 0 Å². The number of carbonyl (C=O) groups excluding carboxylic acids is 1. The van der Waals surface area contributed by atoms with Gasteiger partial charge in [-0.05, 0) is 50.7 Å². The van der Waals surface area contributed by atoms with Gasteiger partial charge < -0.3 is 5.32 Å². The van der Waals surface area contributed by atoms with E-state index in [-0.39, 0.29) is 5.91 Å². The van der Waals surface area contributed by atoms with Gasteiger partial charge in [0.2, 0.25) is 0 Å². The van der Waals surface area contributed by atoms with Crippen molar-refractivity contribution >= 4 is 17.5 Å². The first-order valence-corrected chi connectivity index (χ1v) is 7.16. The van der Waals surface area contributed by atoms with Crippen molar-refractivity contribution in [3.05, 3.63) is 35.4 Å². The highest BCUT2D eigenvalue weighted by atomic mass is 35.5. The maximum Gasteiger partial charge on any atom is 0.251 e. The zero-order valence-corrected chi connectivity index (χ0v) is 11.5. The molecule has 0 spiro atoms. The molecule has 1 aliphatic rings. The molecule has 0 atom stereocenters. The molecule has 1 aliphatic carbocycles. The summed E-state index contributed by atoms with van der Waals surface area (Å²) in [5.41, 5.74) is 1.88. The highest BCUT2D eigenvalue weighted by Crippen LogP contribution is 2.25. The summed E-state index contributed by atoms with van der Waals surface area (Å²) in [5, 5.41) is 3.12. The van der Waals surface area contributed by atoms with E-state index in [0.717, 1.165) is 42.7 Å². The van der Waals surface area contributed by atoms with Crippen LogP contribution in [0.25, 0.3) is 0 Å². The third kappa shape index (κ3) is 3.49. The molecule has 2 nitrogen and oxygen atoms in total. The summed E-state index contributed by atoms with van der Waals surface area (Å²) < 4.78 is 0. The Morgan fingerprint density at radius 1 is 1.33 bits per heavy atom. The number of carbonyl (C=O) groups is 1. The van der Waals surface area contributed by atoms with Crippen molar-refractivity contribution in [2.24, 2.45) is 5.92 Å². The maximum atomic E-state index is 12.1. The van der Waals surface area contributed by atoms with Crippen LogP contribution in [0, 0.1) is 12.8 Å². The number of rotatable bonds is 3. The Bertz CT molecular complexity index is 411. The minimum Gasteiger partial charge on any atom is -0.349 e. The van der Waals surface area contributed by atoms with Gasteiger partial charge in [0.15, 0.2) is 0 Å². The molecule has 18 heavy (non-hydrogen) atoms. The lowest BCUT2D eigenvalue weighted by atomic mass is 9.87. The lowest BCUT2D eigenvalue weighted by Gasteiger charge is -2.27. The number of benzene rings is 1. The first-order valence-electron chi connectivity index (χ1n) is 6.62. The number of hydrogen-bond donors (Lipinski definition) is 1. The Kier molecular flexibility index (Phi) is 4.65. The van der Waals surface area contributed by atoms with Gasteiger partial charge >= 0.3 is 0 Å². The molecule has 1 aromatic rings. The van der Waals surface area contributed by atoms with E-state index in [1.54, 1.807) is 0 Å². The molecule has 0 radical (unpaired) electrons. The Hall–Kier alpha value is -1.02. The summed E-state index contributed by atoms with van der Waals surface area (Å²) in [5.74, 6) is 1.44. The highest BCUT2D eigenvalue weighted by Gasteiger charge is 2.22. The van der Waals surface area contributed by atoms with Crippen LogP contribution >= 0.6 is 11.6 Å². The van der Waals surface area contributed by atoms with E-state index in [1.165, 1.54) is 0 Å². The van der Waals surface area contributed by atoms with Crippen LogP contribution in [-0.2, 0) is 0 Å². The third-order valence-electron chi connectivity index (χ3n) is 3.68. The Labute approximate surface area is 114 Å². The largest absolute Gasteiger partial charge is 0.349 e. The summed E-state index contributed by atoms with van der Waals surface area (Å²) in [6, 6.07) is 8.04. The first-order chi connectivity index (χ1) is 8.69. The lowest BCUT2D eigenvalue weighted by molar-refractivity contribution is 0.0923. The normalized spacial score (nSPS) is 23.7. The van der Waals surface area contributed by atoms with E-state index >= 15 is 0 Å². The zero-order valence-electron chi connectivity index (χ0n) is 10.8. The van der Waals surface area contributed by atoms with Crippen molar-refractivity contribution in [3.63, 3.8) is 0 Å². The predicted molar refractivity (Wildman–Crippen MR) is 75.1 cm³/mol. The van der Waals surface area contributed by atoms with Gasteiger partial charge in [-0.15, -0.1) is 11.6 Å². The molecule has 0 unspecified atom stereocenters. The van der Waals surface area contributed by atoms with Gasteiger partial charge in [0, 0.05) is 17.5 Å². The van der Waals surface area contributed by atoms with Crippen LogP contribution in [0.1, 0.15) is 41.6 Å². The summed E-state index contributed by atoms with van der Waals surface area (Å²) in [7, 11) is 0. The maximum absolute atomic E-state index is 12.1. The SMILES string of the molecule is Cc1cccc(C(=O)NC2CCC(CCl)CC2)c1. The van der Waals surface area contributed by atoms with Crippen LogP contribution in [0.3, 0.4) is 0 Å². The molecule has 2 rings (SSSR count).